The average molecular weight is 308 g/mol. The van der Waals surface area contributed by atoms with Gasteiger partial charge in [0.25, 0.3) is 0 Å². The van der Waals surface area contributed by atoms with Gasteiger partial charge in [-0.25, -0.2) is 8.42 Å². The van der Waals surface area contributed by atoms with E-state index >= 15 is 0 Å². The second kappa shape index (κ2) is 7.60. The zero-order valence-electron chi connectivity index (χ0n) is 13.1. The first kappa shape index (κ1) is 17.7. The molecule has 0 spiro atoms. The highest BCUT2D eigenvalue weighted by Gasteiger charge is 2.27. The maximum absolute atomic E-state index is 12.8. The highest BCUT2D eigenvalue weighted by atomic mass is 32.2. The van der Waals surface area contributed by atoms with Crippen molar-refractivity contribution >= 4 is 10.0 Å². The van der Waals surface area contributed by atoms with Gasteiger partial charge in [0.05, 0.1) is 11.4 Å². The van der Waals surface area contributed by atoms with E-state index < -0.39 is 10.0 Å². The molecule has 0 saturated heterocycles. The summed E-state index contributed by atoms with van der Waals surface area (Å²) in [5.41, 5.74) is 5.86. The van der Waals surface area contributed by atoms with Gasteiger partial charge in [-0.1, -0.05) is 37.8 Å². The lowest BCUT2D eigenvalue weighted by atomic mass is 10.1. The Bertz CT molecular complexity index is 627. The molecule has 2 N–H and O–H groups in total. The molecule has 0 radical (unpaired) electrons. The van der Waals surface area contributed by atoms with Gasteiger partial charge in [0, 0.05) is 18.7 Å². The fraction of sp³-hybridized carbons (Fsp3) is 0.500. The largest absolute Gasteiger partial charge is 0.320 e. The first-order chi connectivity index (χ1) is 9.80. The number of nitrogens with zero attached hydrogens (tertiary/aromatic N) is 1. The molecule has 0 aromatic heterocycles. The van der Waals surface area contributed by atoms with Crippen LogP contribution in [-0.2, 0) is 10.0 Å². The summed E-state index contributed by atoms with van der Waals surface area (Å²) in [5, 5.41) is 0. The van der Waals surface area contributed by atoms with E-state index in [9.17, 15) is 8.42 Å². The normalized spacial score (nSPS) is 13.1. The maximum Gasteiger partial charge on any atom is 0.244 e. The Balaban J connectivity index is 3.19. The second-order valence-corrected chi connectivity index (χ2v) is 7.47. The molecule has 5 heteroatoms. The lowest BCUT2D eigenvalue weighted by molar-refractivity contribution is 0.338. The molecule has 0 amide bonds. The summed E-state index contributed by atoms with van der Waals surface area (Å²) < 4.78 is 27.0. The van der Waals surface area contributed by atoms with E-state index in [4.69, 9.17) is 5.73 Å². The highest BCUT2D eigenvalue weighted by Crippen LogP contribution is 2.22. The Morgan fingerprint density at radius 1 is 1.24 bits per heavy atom. The van der Waals surface area contributed by atoms with Crippen LogP contribution in [0.2, 0.25) is 0 Å². The molecule has 0 aliphatic rings. The number of hydrogen-bond acceptors (Lipinski definition) is 3. The van der Waals surface area contributed by atoms with Gasteiger partial charge in [-0.2, -0.15) is 4.31 Å². The smallest absolute Gasteiger partial charge is 0.244 e. The van der Waals surface area contributed by atoms with Crippen molar-refractivity contribution < 1.29 is 8.42 Å². The van der Waals surface area contributed by atoms with Gasteiger partial charge in [0.15, 0.2) is 0 Å². The summed E-state index contributed by atoms with van der Waals surface area (Å²) in [6, 6.07) is 6.72. The second-order valence-electron chi connectivity index (χ2n) is 5.50. The molecule has 1 atom stereocenters. The van der Waals surface area contributed by atoms with Crippen LogP contribution >= 0.6 is 0 Å². The van der Waals surface area contributed by atoms with Crippen LogP contribution in [0.4, 0.5) is 0 Å². The van der Waals surface area contributed by atoms with Crippen molar-refractivity contribution in [3.05, 3.63) is 29.8 Å². The van der Waals surface area contributed by atoms with Crippen molar-refractivity contribution in [2.45, 2.75) is 38.1 Å². The molecule has 1 aromatic carbocycles. The maximum atomic E-state index is 12.8. The number of benzene rings is 1. The molecule has 4 nitrogen and oxygen atoms in total. The zero-order chi connectivity index (χ0) is 16.0. The van der Waals surface area contributed by atoms with Crippen molar-refractivity contribution in [2.75, 3.05) is 13.6 Å². The van der Waals surface area contributed by atoms with E-state index in [2.05, 4.69) is 25.7 Å². The summed E-state index contributed by atoms with van der Waals surface area (Å²) in [4.78, 5) is 0.240. The van der Waals surface area contributed by atoms with Crippen LogP contribution in [0.25, 0.3) is 0 Å². The van der Waals surface area contributed by atoms with E-state index in [1.807, 2.05) is 6.92 Å². The molecule has 0 bridgehead atoms. The fourth-order valence-corrected chi connectivity index (χ4v) is 3.68. The SMILES string of the molecule is CC(C)CC(C)N(C)S(=O)(=O)c1ccccc1C#CCN. The standard InChI is InChI=1S/C16H24N2O2S/c1-13(2)12-14(3)18(4)21(19,20)16-10-6-5-8-15(16)9-7-11-17/h5-6,8,10,13-14H,11-12,17H2,1-4H3. The van der Waals surface area contributed by atoms with Gasteiger partial charge in [0.1, 0.15) is 0 Å². The van der Waals surface area contributed by atoms with E-state index in [0.717, 1.165) is 6.42 Å². The monoisotopic (exact) mass is 308 g/mol. The van der Waals surface area contributed by atoms with Crippen LogP contribution < -0.4 is 5.73 Å². The molecule has 0 aliphatic heterocycles. The summed E-state index contributed by atoms with van der Waals surface area (Å²) in [6.07, 6.45) is 0.812. The Labute approximate surface area is 128 Å². The summed E-state index contributed by atoms with van der Waals surface area (Å²) in [5.74, 6) is 5.98. The molecule has 0 fully saturated rings. The van der Waals surface area contributed by atoms with Gasteiger partial charge in [-0.3, -0.25) is 0 Å². The van der Waals surface area contributed by atoms with Gasteiger partial charge < -0.3 is 5.73 Å². The molecule has 0 heterocycles. The highest BCUT2D eigenvalue weighted by molar-refractivity contribution is 7.89. The zero-order valence-corrected chi connectivity index (χ0v) is 13.9. The molecule has 1 aromatic rings. The minimum atomic E-state index is -3.55. The van der Waals surface area contributed by atoms with E-state index in [1.54, 1.807) is 31.3 Å². The molecule has 1 unspecified atom stereocenters. The third-order valence-electron chi connectivity index (χ3n) is 3.30. The Kier molecular flexibility index (Phi) is 6.41. The average Bonchev–Trinajstić information content (AvgIpc) is 2.43. The van der Waals surface area contributed by atoms with E-state index in [-0.39, 0.29) is 17.5 Å². The van der Waals surface area contributed by atoms with Crippen LogP contribution in [0, 0.1) is 17.8 Å². The predicted octanol–water partition coefficient (Wildman–Crippen LogP) is 2.05. The van der Waals surface area contributed by atoms with E-state index in [0.29, 0.717) is 11.5 Å². The summed E-state index contributed by atoms with van der Waals surface area (Å²) >= 11 is 0. The van der Waals surface area contributed by atoms with Crippen LogP contribution in [0.5, 0.6) is 0 Å². The topological polar surface area (TPSA) is 63.4 Å². The van der Waals surface area contributed by atoms with Gasteiger partial charge in [-0.05, 0) is 31.4 Å². The number of sulfonamides is 1. The number of nitrogens with two attached hydrogens (primary N) is 1. The molecular formula is C16H24N2O2S. The van der Waals surface area contributed by atoms with Gasteiger partial charge >= 0.3 is 0 Å². The number of hydrogen-bond donors (Lipinski definition) is 1. The van der Waals surface area contributed by atoms with Crippen molar-refractivity contribution in [3.63, 3.8) is 0 Å². The Hall–Kier alpha value is -1.35. The molecule has 1 rings (SSSR count). The van der Waals surface area contributed by atoms with Crippen LogP contribution in [0.1, 0.15) is 32.8 Å². The fourth-order valence-electron chi connectivity index (χ4n) is 2.16. The van der Waals surface area contributed by atoms with Gasteiger partial charge in [0.2, 0.25) is 10.0 Å². The Morgan fingerprint density at radius 3 is 2.43 bits per heavy atom. The molecule has 0 saturated carbocycles. The first-order valence-electron chi connectivity index (χ1n) is 7.06. The van der Waals surface area contributed by atoms with Crippen LogP contribution in [0.15, 0.2) is 29.2 Å². The van der Waals surface area contributed by atoms with Crippen molar-refractivity contribution in [1.82, 2.24) is 4.31 Å². The van der Waals surface area contributed by atoms with Crippen molar-refractivity contribution in [1.29, 1.82) is 0 Å². The molecule has 116 valence electrons. The van der Waals surface area contributed by atoms with E-state index in [1.165, 1.54) is 4.31 Å². The predicted molar refractivity (Wildman–Crippen MR) is 86.2 cm³/mol. The minimum Gasteiger partial charge on any atom is -0.320 e. The van der Waals surface area contributed by atoms with Crippen LogP contribution in [-0.4, -0.2) is 32.4 Å². The first-order valence-corrected chi connectivity index (χ1v) is 8.50. The Morgan fingerprint density at radius 2 is 1.86 bits per heavy atom. The lowest BCUT2D eigenvalue weighted by Crippen LogP contribution is -2.36. The van der Waals surface area contributed by atoms with Crippen molar-refractivity contribution in [3.8, 4) is 11.8 Å². The van der Waals surface area contributed by atoms with Crippen molar-refractivity contribution in [2.24, 2.45) is 11.7 Å². The minimum absolute atomic E-state index is 0.0643. The third-order valence-corrected chi connectivity index (χ3v) is 5.33. The summed E-state index contributed by atoms with van der Waals surface area (Å²) in [7, 11) is -1.93. The quantitative estimate of drug-likeness (QED) is 0.847. The van der Waals surface area contributed by atoms with Crippen LogP contribution in [0.3, 0.4) is 0 Å². The molecule has 0 aliphatic carbocycles. The lowest BCUT2D eigenvalue weighted by Gasteiger charge is -2.26. The summed E-state index contributed by atoms with van der Waals surface area (Å²) in [6.45, 7) is 6.29. The van der Waals surface area contributed by atoms with Gasteiger partial charge in [-0.15, -0.1) is 0 Å². The molecular weight excluding hydrogens is 284 g/mol. The number of rotatable bonds is 5. The molecule has 21 heavy (non-hydrogen) atoms. The third kappa shape index (κ3) is 4.57.